The summed E-state index contributed by atoms with van der Waals surface area (Å²) in [5.41, 5.74) is 3.56. The molecule has 3 aromatic rings. The minimum Gasteiger partial charge on any atom is -0.508 e. The molecule has 7 nitrogen and oxygen atoms in total. The van der Waals surface area contributed by atoms with Gasteiger partial charge >= 0.3 is 0 Å². The van der Waals surface area contributed by atoms with Crippen molar-refractivity contribution in [1.82, 2.24) is 0 Å². The van der Waals surface area contributed by atoms with Crippen molar-refractivity contribution in [3.8, 4) is 5.75 Å². The number of nitrogens with zero attached hydrogens (tertiary/aromatic N) is 1. The van der Waals surface area contributed by atoms with Gasteiger partial charge < -0.3 is 5.11 Å². The van der Waals surface area contributed by atoms with Crippen LogP contribution in [0.3, 0.4) is 0 Å². The van der Waals surface area contributed by atoms with Gasteiger partial charge in [-0.2, -0.15) is 0 Å². The van der Waals surface area contributed by atoms with Crippen molar-refractivity contribution >= 4 is 50.8 Å². The van der Waals surface area contributed by atoms with E-state index in [2.05, 4.69) is 15.9 Å². The monoisotopic (exact) mass is 647 g/mol. The Hall–Kier alpha value is -4.69. The van der Waals surface area contributed by atoms with E-state index in [0.717, 1.165) is 5.57 Å². The van der Waals surface area contributed by atoms with Crippen LogP contribution in [0.2, 0.25) is 0 Å². The number of fused-ring (bicyclic) bond motifs is 3. The van der Waals surface area contributed by atoms with Crippen molar-refractivity contribution in [2.45, 2.75) is 25.7 Å². The highest BCUT2D eigenvalue weighted by molar-refractivity contribution is 9.10. The number of Topliss-reactive ketones (excluding diaryl/α,β-unsaturated/α-hetero) is 1. The zero-order chi connectivity index (χ0) is 30.9. The molecular weight excluding hydrogens is 622 g/mol. The first-order valence-electron chi connectivity index (χ1n) is 14.4. The van der Waals surface area contributed by atoms with E-state index in [9.17, 15) is 29.1 Å². The molecule has 0 saturated carbocycles. The van der Waals surface area contributed by atoms with Gasteiger partial charge in [0.05, 0.1) is 17.5 Å². The average molecular weight is 649 g/mol. The third-order valence-corrected chi connectivity index (χ3v) is 9.78. The summed E-state index contributed by atoms with van der Waals surface area (Å²) in [6.07, 6.45) is 3.69. The molecule has 0 bridgehead atoms. The number of phenolic OH excluding ortho intramolecular Hbond substituents is 1. The molecule has 3 aliphatic carbocycles. The number of halogens is 1. The minimum absolute atomic E-state index is 0.0261. The number of aromatic hydroxyl groups is 1. The van der Waals surface area contributed by atoms with E-state index in [1.165, 1.54) is 17.0 Å². The van der Waals surface area contributed by atoms with Crippen molar-refractivity contribution in [2.75, 3.05) is 4.90 Å². The lowest BCUT2D eigenvalue weighted by molar-refractivity contribution is -0.123. The fourth-order valence-electron chi connectivity index (χ4n) is 7.25. The third-order valence-electron chi connectivity index (χ3n) is 9.29. The second-order valence-corrected chi connectivity index (χ2v) is 12.6. The second-order valence-electron chi connectivity index (χ2n) is 11.7. The van der Waals surface area contributed by atoms with Gasteiger partial charge in [-0.15, -0.1) is 0 Å². The van der Waals surface area contributed by atoms with Gasteiger partial charge in [0.1, 0.15) is 5.75 Å². The Morgan fingerprint density at radius 3 is 2.32 bits per heavy atom. The van der Waals surface area contributed by atoms with Gasteiger partial charge in [-0.25, -0.2) is 0 Å². The number of rotatable bonds is 4. The lowest BCUT2D eigenvalue weighted by Crippen LogP contribution is -2.39. The van der Waals surface area contributed by atoms with Crippen molar-refractivity contribution in [2.24, 2.45) is 17.8 Å². The van der Waals surface area contributed by atoms with E-state index >= 15 is 0 Å². The Morgan fingerprint density at radius 2 is 1.59 bits per heavy atom. The van der Waals surface area contributed by atoms with Gasteiger partial charge in [-0.1, -0.05) is 57.9 Å². The van der Waals surface area contributed by atoms with E-state index in [1.807, 2.05) is 12.1 Å². The number of anilines is 1. The summed E-state index contributed by atoms with van der Waals surface area (Å²) < 4.78 is 0.693. The van der Waals surface area contributed by atoms with Crippen molar-refractivity contribution in [3.05, 3.63) is 128 Å². The molecular formula is C36H26BrNO6. The molecule has 1 heterocycles. The maximum atomic E-state index is 14.1. The molecule has 218 valence electrons. The standard InChI is InChI=1S/C36H26BrNO6/c1-18-15-29(40)27-17-25-23(30(32(27)33(18)41)26-16-21(37)9-14-28(26)39)12-13-24-31(25)36(44)38(35(24)43)22-10-7-20(8-11-22)34(42)19-5-3-2-4-6-19/h2-12,14-16,24-25,30-31,39H,13,17H2,1H3. The van der Waals surface area contributed by atoms with Crippen LogP contribution < -0.4 is 4.90 Å². The zero-order valence-electron chi connectivity index (χ0n) is 23.6. The lowest BCUT2D eigenvalue weighted by Gasteiger charge is -2.42. The maximum absolute atomic E-state index is 14.1. The summed E-state index contributed by atoms with van der Waals surface area (Å²) >= 11 is 3.46. The summed E-state index contributed by atoms with van der Waals surface area (Å²) in [7, 11) is 0. The van der Waals surface area contributed by atoms with Crippen LogP contribution >= 0.6 is 15.9 Å². The van der Waals surface area contributed by atoms with Crippen LogP contribution in [-0.2, 0) is 19.2 Å². The molecule has 2 amide bonds. The van der Waals surface area contributed by atoms with E-state index in [0.29, 0.717) is 43.6 Å². The molecule has 1 aliphatic heterocycles. The molecule has 1 fully saturated rings. The molecule has 0 aromatic heterocycles. The van der Waals surface area contributed by atoms with E-state index in [1.54, 1.807) is 67.6 Å². The molecule has 8 heteroatoms. The molecule has 44 heavy (non-hydrogen) atoms. The van der Waals surface area contributed by atoms with E-state index < -0.39 is 23.7 Å². The molecule has 7 rings (SSSR count). The number of imide groups is 1. The van der Waals surface area contributed by atoms with Crippen LogP contribution in [0, 0.1) is 17.8 Å². The number of carbonyl (C=O) groups excluding carboxylic acids is 5. The number of carbonyl (C=O) groups is 5. The Bertz CT molecular complexity index is 1900. The molecule has 1 N–H and O–H groups in total. The SMILES string of the molecule is CC1=CC(=O)C2=C(C1=O)C(c1cc(Br)ccc1O)C1=CCC3C(=O)N(c4ccc(C(=O)c5ccccc5)cc4)C(=O)C3C1C2. The van der Waals surface area contributed by atoms with Crippen molar-refractivity contribution < 1.29 is 29.1 Å². The predicted molar refractivity (Wildman–Crippen MR) is 166 cm³/mol. The van der Waals surface area contributed by atoms with Crippen LogP contribution in [0.25, 0.3) is 0 Å². The molecule has 1 saturated heterocycles. The highest BCUT2D eigenvalue weighted by atomic mass is 79.9. The van der Waals surface area contributed by atoms with Gasteiger partial charge in [0.25, 0.3) is 0 Å². The summed E-state index contributed by atoms with van der Waals surface area (Å²) in [6.45, 7) is 1.61. The van der Waals surface area contributed by atoms with Crippen LogP contribution in [0.1, 0.15) is 47.2 Å². The Labute approximate surface area is 261 Å². The molecule has 4 atom stereocenters. The van der Waals surface area contributed by atoms with E-state index in [4.69, 9.17) is 0 Å². The van der Waals surface area contributed by atoms with Crippen LogP contribution in [0.15, 0.2) is 112 Å². The normalized spacial score (nSPS) is 24.5. The fourth-order valence-corrected chi connectivity index (χ4v) is 7.62. The van der Waals surface area contributed by atoms with Crippen molar-refractivity contribution in [1.29, 1.82) is 0 Å². The maximum Gasteiger partial charge on any atom is 0.238 e. The number of allylic oxidation sites excluding steroid dienone is 6. The summed E-state index contributed by atoms with van der Waals surface area (Å²) in [5.74, 6) is -4.06. The fraction of sp³-hybridized carbons (Fsp3) is 0.194. The number of phenols is 1. The van der Waals surface area contributed by atoms with Gasteiger partial charge in [-0.05, 0) is 74.2 Å². The first-order chi connectivity index (χ1) is 21.2. The van der Waals surface area contributed by atoms with E-state index in [-0.39, 0.29) is 47.8 Å². The Kier molecular flexibility index (Phi) is 6.70. The molecule has 0 spiro atoms. The minimum atomic E-state index is -0.742. The number of benzene rings is 3. The zero-order valence-corrected chi connectivity index (χ0v) is 25.2. The summed E-state index contributed by atoms with van der Waals surface area (Å²) in [5, 5.41) is 11.0. The molecule has 4 aliphatic rings. The largest absolute Gasteiger partial charge is 0.508 e. The topological polar surface area (TPSA) is 109 Å². The molecule has 3 aromatic carbocycles. The van der Waals surface area contributed by atoms with Crippen LogP contribution in [0.5, 0.6) is 5.75 Å². The van der Waals surface area contributed by atoms with Crippen LogP contribution in [0.4, 0.5) is 5.69 Å². The Morgan fingerprint density at radius 1 is 0.886 bits per heavy atom. The number of hydrogen-bond acceptors (Lipinski definition) is 6. The number of ketones is 3. The van der Waals surface area contributed by atoms with Crippen LogP contribution in [-0.4, -0.2) is 34.3 Å². The van der Waals surface area contributed by atoms with Crippen molar-refractivity contribution in [3.63, 3.8) is 0 Å². The highest BCUT2D eigenvalue weighted by Crippen LogP contribution is 2.56. The Balaban J connectivity index is 1.27. The summed E-state index contributed by atoms with van der Waals surface area (Å²) in [6, 6.07) is 20.3. The second kappa shape index (κ2) is 10.5. The number of amides is 2. The predicted octanol–water partition coefficient (Wildman–Crippen LogP) is 6.02. The quantitative estimate of drug-likeness (QED) is 0.161. The van der Waals surface area contributed by atoms with Gasteiger partial charge in [0.2, 0.25) is 11.8 Å². The smallest absolute Gasteiger partial charge is 0.238 e. The van der Waals surface area contributed by atoms with Gasteiger partial charge in [0.15, 0.2) is 17.3 Å². The van der Waals surface area contributed by atoms with Gasteiger partial charge in [-0.3, -0.25) is 28.9 Å². The third kappa shape index (κ3) is 4.27. The summed E-state index contributed by atoms with van der Waals surface area (Å²) in [4.78, 5) is 68.9. The highest BCUT2D eigenvalue weighted by Gasteiger charge is 2.56. The lowest BCUT2D eigenvalue weighted by atomic mass is 9.59. The first kappa shape index (κ1) is 28.1. The number of hydrogen-bond donors (Lipinski definition) is 1. The molecule has 4 unspecified atom stereocenters. The first-order valence-corrected chi connectivity index (χ1v) is 15.2. The van der Waals surface area contributed by atoms with Gasteiger partial charge in [0, 0.05) is 43.8 Å². The molecule has 0 radical (unpaired) electrons. The average Bonchev–Trinajstić information content (AvgIpc) is 3.29.